The Bertz CT molecular complexity index is 682. The van der Waals surface area contributed by atoms with Gasteiger partial charge in [-0.2, -0.15) is 0 Å². The highest BCUT2D eigenvalue weighted by Crippen LogP contribution is 2.15. The van der Waals surface area contributed by atoms with Gasteiger partial charge in [-0.15, -0.1) is 0 Å². The molecule has 0 bridgehead atoms. The molecule has 0 spiro atoms. The number of anilines is 2. The molecule has 0 aliphatic carbocycles. The van der Waals surface area contributed by atoms with E-state index in [0.717, 1.165) is 42.0 Å². The third-order valence-corrected chi connectivity index (χ3v) is 4.73. The topological polar surface area (TPSA) is 36.8 Å². The van der Waals surface area contributed by atoms with E-state index in [2.05, 4.69) is 26.1 Å². The Kier molecular flexibility index (Phi) is 5.48. The van der Waals surface area contributed by atoms with E-state index in [-0.39, 0.29) is 11.7 Å². The standard InChI is InChI=1S/C18H19BrFN3O/c19-14-1-5-16(6-2-14)21-18(24)13-22-9-11-23(12-10-22)17-7-3-15(20)4-8-17/h1-8H,9-13H2,(H,21,24)/p+1. The first-order valence-electron chi connectivity index (χ1n) is 8.00. The van der Waals surface area contributed by atoms with Crippen molar-refractivity contribution < 1.29 is 14.1 Å². The number of halogens is 2. The lowest BCUT2D eigenvalue weighted by atomic mass is 10.2. The van der Waals surface area contributed by atoms with Gasteiger partial charge < -0.3 is 15.1 Å². The van der Waals surface area contributed by atoms with E-state index >= 15 is 0 Å². The van der Waals surface area contributed by atoms with Crippen LogP contribution in [0.1, 0.15) is 0 Å². The predicted octanol–water partition coefficient (Wildman–Crippen LogP) is 1.93. The van der Waals surface area contributed by atoms with E-state index in [1.54, 1.807) is 12.1 Å². The molecule has 3 rings (SSSR count). The van der Waals surface area contributed by atoms with Crippen molar-refractivity contribution in [2.45, 2.75) is 0 Å². The number of nitrogens with one attached hydrogen (secondary N) is 2. The lowest BCUT2D eigenvalue weighted by molar-refractivity contribution is -0.892. The molecule has 0 aromatic heterocycles. The fourth-order valence-corrected chi connectivity index (χ4v) is 3.14. The number of carbonyl (C=O) groups excluding carboxylic acids is 1. The summed E-state index contributed by atoms with van der Waals surface area (Å²) in [5.74, 6) is -0.185. The van der Waals surface area contributed by atoms with E-state index in [1.165, 1.54) is 17.0 Å². The molecule has 1 amide bonds. The number of hydrogen-bond donors (Lipinski definition) is 2. The van der Waals surface area contributed by atoms with Crippen LogP contribution in [-0.4, -0.2) is 38.6 Å². The summed E-state index contributed by atoms with van der Waals surface area (Å²) in [6, 6.07) is 14.2. The van der Waals surface area contributed by atoms with Crippen LogP contribution in [-0.2, 0) is 4.79 Å². The molecule has 2 aromatic carbocycles. The van der Waals surface area contributed by atoms with E-state index in [0.29, 0.717) is 6.54 Å². The number of amides is 1. The summed E-state index contributed by atoms with van der Waals surface area (Å²) < 4.78 is 14.0. The molecule has 0 saturated carbocycles. The monoisotopic (exact) mass is 392 g/mol. The molecule has 2 N–H and O–H groups in total. The summed E-state index contributed by atoms with van der Waals surface area (Å²) in [6.45, 7) is 3.99. The van der Waals surface area contributed by atoms with Gasteiger partial charge in [0.05, 0.1) is 26.2 Å². The highest BCUT2D eigenvalue weighted by molar-refractivity contribution is 9.10. The van der Waals surface area contributed by atoms with Gasteiger partial charge in [-0.25, -0.2) is 4.39 Å². The van der Waals surface area contributed by atoms with Crippen molar-refractivity contribution in [2.24, 2.45) is 0 Å². The zero-order chi connectivity index (χ0) is 16.9. The minimum Gasteiger partial charge on any atom is -0.360 e. The van der Waals surface area contributed by atoms with Crippen LogP contribution >= 0.6 is 15.9 Å². The van der Waals surface area contributed by atoms with E-state index in [4.69, 9.17) is 0 Å². The van der Waals surface area contributed by atoms with Crippen molar-refractivity contribution in [3.8, 4) is 0 Å². The molecule has 1 fully saturated rings. The highest BCUT2D eigenvalue weighted by Gasteiger charge is 2.22. The maximum atomic E-state index is 13.0. The van der Waals surface area contributed by atoms with Crippen LogP contribution in [0, 0.1) is 5.82 Å². The van der Waals surface area contributed by atoms with Gasteiger partial charge in [-0.3, -0.25) is 4.79 Å². The molecule has 1 aliphatic rings. The minimum absolute atomic E-state index is 0.0301. The molecule has 1 heterocycles. The first kappa shape index (κ1) is 16.9. The summed E-state index contributed by atoms with van der Waals surface area (Å²) >= 11 is 3.38. The van der Waals surface area contributed by atoms with E-state index < -0.39 is 0 Å². The molecule has 6 heteroatoms. The summed E-state index contributed by atoms with van der Waals surface area (Å²) in [5, 5.41) is 2.93. The quantitative estimate of drug-likeness (QED) is 0.833. The number of carbonyl (C=O) groups is 1. The summed E-state index contributed by atoms with van der Waals surface area (Å²) in [4.78, 5) is 15.7. The van der Waals surface area contributed by atoms with Crippen LogP contribution in [0.3, 0.4) is 0 Å². The van der Waals surface area contributed by atoms with Crippen molar-refractivity contribution in [3.63, 3.8) is 0 Å². The normalized spacial score (nSPS) is 15.3. The average molecular weight is 393 g/mol. The number of piperazine rings is 1. The number of benzene rings is 2. The molecule has 0 atom stereocenters. The van der Waals surface area contributed by atoms with Gasteiger partial charge in [0.15, 0.2) is 6.54 Å². The fourth-order valence-electron chi connectivity index (χ4n) is 2.88. The van der Waals surface area contributed by atoms with Gasteiger partial charge in [0.1, 0.15) is 5.82 Å². The lowest BCUT2D eigenvalue weighted by Crippen LogP contribution is -3.15. The van der Waals surface area contributed by atoms with Crippen molar-refractivity contribution in [3.05, 3.63) is 58.8 Å². The van der Waals surface area contributed by atoms with Crippen LogP contribution in [0.5, 0.6) is 0 Å². The van der Waals surface area contributed by atoms with Gasteiger partial charge in [0.25, 0.3) is 5.91 Å². The average Bonchev–Trinajstić information content (AvgIpc) is 2.58. The smallest absolute Gasteiger partial charge is 0.279 e. The fraction of sp³-hybridized carbons (Fsp3) is 0.278. The Labute approximate surface area is 149 Å². The number of rotatable bonds is 4. The first-order valence-corrected chi connectivity index (χ1v) is 8.79. The number of hydrogen-bond acceptors (Lipinski definition) is 2. The second-order valence-corrected chi connectivity index (χ2v) is 6.86. The maximum absolute atomic E-state index is 13.0. The molecular formula is C18H20BrFN3O+. The molecule has 4 nitrogen and oxygen atoms in total. The van der Waals surface area contributed by atoms with Gasteiger partial charge in [0, 0.05) is 15.8 Å². The number of quaternary nitrogens is 1. The van der Waals surface area contributed by atoms with Gasteiger partial charge in [-0.1, -0.05) is 15.9 Å². The second-order valence-electron chi connectivity index (χ2n) is 5.95. The van der Waals surface area contributed by atoms with Crippen LogP contribution in [0.4, 0.5) is 15.8 Å². The molecule has 1 saturated heterocycles. The molecule has 0 radical (unpaired) electrons. The minimum atomic E-state index is -0.215. The molecule has 0 unspecified atom stereocenters. The zero-order valence-corrected chi connectivity index (χ0v) is 14.9. The predicted molar refractivity (Wildman–Crippen MR) is 96.9 cm³/mol. The van der Waals surface area contributed by atoms with Gasteiger partial charge >= 0.3 is 0 Å². The Hall–Kier alpha value is -1.92. The largest absolute Gasteiger partial charge is 0.360 e. The summed E-state index contributed by atoms with van der Waals surface area (Å²) in [7, 11) is 0. The van der Waals surface area contributed by atoms with Gasteiger partial charge in [-0.05, 0) is 48.5 Å². The Morgan fingerprint density at radius 3 is 2.33 bits per heavy atom. The maximum Gasteiger partial charge on any atom is 0.279 e. The van der Waals surface area contributed by atoms with Crippen LogP contribution < -0.4 is 15.1 Å². The third kappa shape index (κ3) is 4.55. The Morgan fingerprint density at radius 2 is 1.71 bits per heavy atom. The second kappa shape index (κ2) is 7.77. The Balaban J connectivity index is 1.47. The molecule has 1 aliphatic heterocycles. The summed E-state index contributed by atoms with van der Waals surface area (Å²) in [5.41, 5.74) is 1.85. The van der Waals surface area contributed by atoms with E-state index in [9.17, 15) is 9.18 Å². The molecule has 126 valence electrons. The van der Waals surface area contributed by atoms with Gasteiger partial charge in [0.2, 0.25) is 0 Å². The van der Waals surface area contributed by atoms with E-state index in [1.807, 2.05) is 24.3 Å². The zero-order valence-electron chi connectivity index (χ0n) is 13.3. The van der Waals surface area contributed by atoms with Crippen molar-refractivity contribution in [1.29, 1.82) is 0 Å². The molecular weight excluding hydrogens is 373 g/mol. The van der Waals surface area contributed by atoms with Crippen LogP contribution in [0.15, 0.2) is 53.0 Å². The van der Waals surface area contributed by atoms with Crippen molar-refractivity contribution in [1.82, 2.24) is 0 Å². The highest BCUT2D eigenvalue weighted by atomic mass is 79.9. The third-order valence-electron chi connectivity index (χ3n) is 4.20. The Morgan fingerprint density at radius 1 is 1.08 bits per heavy atom. The van der Waals surface area contributed by atoms with Crippen molar-refractivity contribution in [2.75, 3.05) is 42.9 Å². The lowest BCUT2D eigenvalue weighted by Gasteiger charge is -2.33. The summed E-state index contributed by atoms with van der Waals surface area (Å²) in [6.07, 6.45) is 0. The van der Waals surface area contributed by atoms with Crippen LogP contribution in [0.2, 0.25) is 0 Å². The van der Waals surface area contributed by atoms with Crippen molar-refractivity contribution >= 4 is 33.2 Å². The SMILES string of the molecule is O=C(C[NH+]1CCN(c2ccc(F)cc2)CC1)Nc1ccc(Br)cc1. The first-order chi connectivity index (χ1) is 11.6. The number of nitrogens with zero attached hydrogens (tertiary/aromatic N) is 1. The van der Waals surface area contributed by atoms with Crippen LogP contribution in [0.25, 0.3) is 0 Å². The molecule has 2 aromatic rings. The molecule has 24 heavy (non-hydrogen) atoms.